The molecule has 0 aliphatic carbocycles. The van der Waals surface area contributed by atoms with Gasteiger partial charge in [-0.15, -0.1) is 0 Å². The summed E-state index contributed by atoms with van der Waals surface area (Å²) in [6.45, 7) is 0.853. The van der Waals surface area contributed by atoms with E-state index >= 15 is 0 Å². The van der Waals surface area contributed by atoms with Crippen LogP contribution in [0.1, 0.15) is 11.1 Å². The van der Waals surface area contributed by atoms with Gasteiger partial charge in [0.05, 0.1) is 40.9 Å². The van der Waals surface area contributed by atoms with Gasteiger partial charge in [0, 0.05) is 11.8 Å². The van der Waals surface area contributed by atoms with E-state index < -0.39 is 44.2 Å². The third kappa shape index (κ3) is 7.85. The molecule has 1 amide bonds. The van der Waals surface area contributed by atoms with Gasteiger partial charge in [-0.05, 0) is 73.7 Å². The Morgan fingerprint density at radius 3 is 2.07 bits per heavy atom. The molecule has 0 saturated heterocycles. The highest BCUT2D eigenvalue weighted by atomic mass is 32.2. The van der Waals surface area contributed by atoms with E-state index in [1.807, 2.05) is 0 Å². The molecule has 0 fully saturated rings. The van der Waals surface area contributed by atoms with E-state index in [-0.39, 0.29) is 32.6 Å². The molecule has 4 aromatic carbocycles. The fourth-order valence-electron chi connectivity index (χ4n) is 4.14. The topological polar surface area (TPSA) is 131 Å². The minimum absolute atomic E-state index is 0.106. The van der Waals surface area contributed by atoms with E-state index in [9.17, 15) is 34.8 Å². The van der Waals surface area contributed by atoms with Crippen molar-refractivity contribution < 1.29 is 44.3 Å². The third-order valence-corrected chi connectivity index (χ3v) is 9.63. The van der Waals surface area contributed by atoms with E-state index in [1.165, 1.54) is 74.9 Å². The first kappa shape index (κ1) is 33.1. The van der Waals surface area contributed by atoms with Crippen LogP contribution in [0.25, 0.3) is 0 Å². The molecule has 0 aliphatic heterocycles. The Balaban J connectivity index is 1.58. The highest BCUT2D eigenvalue weighted by Crippen LogP contribution is 2.34. The molecule has 0 radical (unpaired) electrons. The fourth-order valence-corrected chi connectivity index (χ4v) is 6.61. The monoisotopic (exact) mass is 663 g/mol. The number of nitrogens with zero attached hydrogens (tertiary/aromatic N) is 1. The molecule has 0 atom stereocenters. The normalized spacial score (nSPS) is 11.9. The summed E-state index contributed by atoms with van der Waals surface area (Å²) in [5.41, 5.74) is -0.489. The highest BCUT2D eigenvalue weighted by Gasteiger charge is 2.33. The van der Waals surface area contributed by atoms with Gasteiger partial charge < -0.3 is 14.8 Å². The second kappa shape index (κ2) is 13.1. The van der Waals surface area contributed by atoms with Crippen LogP contribution in [-0.4, -0.2) is 43.5 Å². The Hall–Kier alpha value is -4.76. The van der Waals surface area contributed by atoms with Crippen LogP contribution in [0.2, 0.25) is 0 Å². The summed E-state index contributed by atoms with van der Waals surface area (Å²) in [6.07, 6.45) is -4.76. The molecule has 15 heteroatoms. The second-order valence-corrected chi connectivity index (χ2v) is 13.2. The number of rotatable bonds is 11. The molecule has 10 nitrogen and oxygen atoms in total. The van der Waals surface area contributed by atoms with Gasteiger partial charge in [0.15, 0.2) is 0 Å². The van der Waals surface area contributed by atoms with Crippen LogP contribution in [0.3, 0.4) is 0 Å². The standard InChI is InChI=1S/C30H28F3N3O7S2/c1-20-7-12-26(13-8-20)45(40,41)36(23-6-4-5-21(17-23)30(31,32)33)19-29(37)34-22-9-14-25(15-10-22)44(38,39)35-27-18-24(42-2)11-16-28(27)43-3/h4-18,35H,19H2,1-3H3,(H,34,37). The van der Waals surface area contributed by atoms with Crippen molar-refractivity contribution in [2.75, 3.05) is 35.1 Å². The van der Waals surface area contributed by atoms with Crippen molar-refractivity contribution in [3.8, 4) is 11.5 Å². The van der Waals surface area contributed by atoms with E-state index in [4.69, 9.17) is 9.47 Å². The summed E-state index contributed by atoms with van der Waals surface area (Å²) in [6, 6.07) is 18.8. The van der Waals surface area contributed by atoms with E-state index in [0.717, 1.165) is 23.8 Å². The highest BCUT2D eigenvalue weighted by molar-refractivity contribution is 7.93. The number of anilines is 3. The zero-order valence-corrected chi connectivity index (χ0v) is 25.8. The number of ether oxygens (including phenoxy) is 2. The summed E-state index contributed by atoms with van der Waals surface area (Å²) in [5, 5.41) is 2.46. The molecule has 0 aromatic heterocycles. The lowest BCUT2D eigenvalue weighted by Gasteiger charge is -2.25. The van der Waals surface area contributed by atoms with Gasteiger partial charge in [-0.1, -0.05) is 23.8 Å². The van der Waals surface area contributed by atoms with E-state index in [0.29, 0.717) is 16.1 Å². The molecule has 238 valence electrons. The maximum atomic E-state index is 13.6. The number of amides is 1. The fraction of sp³-hybridized carbons (Fsp3) is 0.167. The van der Waals surface area contributed by atoms with Crippen LogP contribution >= 0.6 is 0 Å². The molecule has 2 N–H and O–H groups in total. The van der Waals surface area contributed by atoms with Crippen LogP contribution in [-0.2, 0) is 31.0 Å². The largest absolute Gasteiger partial charge is 0.497 e. The molecule has 0 heterocycles. The quantitative estimate of drug-likeness (QED) is 0.212. The van der Waals surface area contributed by atoms with Crippen molar-refractivity contribution in [1.82, 2.24) is 0 Å². The third-order valence-electron chi connectivity index (χ3n) is 6.46. The molecule has 0 unspecified atom stereocenters. The first-order chi connectivity index (χ1) is 21.1. The van der Waals surface area contributed by atoms with Gasteiger partial charge in [-0.3, -0.25) is 13.8 Å². The molecule has 0 spiro atoms. The Morgan fingerprint density at radius 1 is 0.822 bits per heavy atom. The Kier molecular flexibility index (Phi) is 9.63. The average molecular weight is 664 g/mol. The summed E-state index contributed by atoms with van der Waals surface area (Å²) < 4.78 is 107. The zero-order valence-electron chi connectivity index (χ0n) is 24.1. The number of methoxy groups -OCH3 is 2. The van der Waals surface area contributed by atoms with Crippen LogP contribution in [0.15, 0.2) is 101 Å². The number of aryl methyl sites for hydroxylation is 1. The van der Waals surface area contributed by atoms with Crippen molar-refractivity contribution in [2.45, 2.75) is 22.9 Å². The van der Waals surface area contributed by atoms with Crippen molar-refractivity contribution >= 4 is 43.0 Å². The minimum Gasteiger partial charge on any atom is -0.497 e. The maximum Gasteiger partial charge on any atom is 0.416 e. The molecule has 0 saturated carbocycles. The predicted molar refractivity (Wildman–Crippen MR) is 163 cm³/mol. The average Bonchev–Trinajstić information content (AvgIpc) is 2.99. The number of halogens is 3. The number of sulfonamides is 2. The van der Waals surface area contributed by atoms with E-state index in [2.05, 4.69) is 10.0 Å². The van der Waals surface area contributed by atoms with Crippen LogP contribution in [0, 0.1) is 6.92 Å². The molecule has 4 rings (SSSR count). The number of alkyl halides is 3. The summed E-state index contributed by atoms with van der Waals surface area (Å²) in [7, 11) is -5.81. The van der Waals surface area contributed by atoms with Crippen molar-refractivity contribution in [3.63, 3.8) is 0 Å². The molecular weight excluding hydrogens is 635 g/mol. The molecule has 0 bridgehead atoms. The Labute approximate surface area is 258 Å². The zero-order chi connectivity index (χ0) is 33.0. The van der Waals surface area contributed by atoms with Crippen molar-refractivity contribution in [1.29, 1.82) is 0 Å². The lowest BCUT2D eigenvalue weighted by atomic mass is 10.2. The van der Waals surface area contributed by atoms with Gasteiger partial charge in [-0.25, -0.2) is 16.8 Å². The summed E-state index contributed by atoms with van der Waals surface area (Å²) in [5.74, 6) is -0.262. The van der Waals surface area contributed by atoms with Gasteiger partial charge in [0.1, 0.15) is 18.0 Å². The Morgan fingerprint density at radius 2 is 1.47 bits per heavy atom. The van der Waals surface area contributed by atoms with Gasteiger partial charge in [-0.2, -0.15) is 13.2 Å². The number of benzene rings is 4. The van der Waals surface area contributed by atoms with Gasteiger partial charge in [0.25, 0.3) is 20.0 Å². The number of hydrogen-bond donors (Lipinski definition) is 2. The number of carbonyl (C=O) groups is 1. The van der Waals surface area contributed by atoms with Crippen LogP contribution in [0.4, 0.5) is 30.2 Å². The smallest absolute Gasteiger partial charge is 0.416 e. The van der Waals surface area contributed by atoms with Gasteiger partial charge in [0.2, 0.25) is 5.91 Å². The summed E-state index contributed by atoms with van der Waals surface area (Å²) >= 11 is 0. The SMILES string of the molecule is COc1ccc(OC)c(NS(=O)(=O)c2ccc(NC(=O)CN(c3cccc(C(F)(F)F)c3)S(=O)(=O)c3ccc(C)cc3)cc2)c1. The van der Waals surface area contributed by atoms with Crippen LogP contribution < -0.4 is 23.8 Å². The number of carbonyl (C=O) groups excluding carboxylic acids is 1. The first-order valence-corrected chi connectivity index (χ1v) is 16.0. The van der Waals surface area contributed by atoms with Crippen molar-refractivity contribution in [3.05, 3.63) is 102 Å². The molecule has 4 aromatic rings. The Bertz CT molecular complexity index is 1900. The predicted octanol–water partition coefficient (Wildman–Crippen LogP) is 5.67. The maximum absolute atomic E-state index is 13.6. The van der Waals surface area contributed by atoms with Crippen molar-refractivity contribution in [2.24, 2.45) is 0 Å². The molecule has 0 aliphatic rings. The molecule has 45 heavy (non-hydrogen) atoms. The minimum atomic E-state index is -4.76. The lowest BCUT2D eigenvalue weighted by molar-refractivity contribution is -0.137. The van der Waals surface area contributed by atoms with Crippen LogP contribution in [0.5, 0.6) is 11.5 Å². The lowest BCUT2D eigenvalue weighted by Crippen LogP contribution is -2.38. The van der Waals surface area contributed by atoms with Gasteiger partial charge >= 0.3 is 6.18 Å². The first-order valence-electron chi connectivity index (χ1n) is 13.1. The summed E-state index contributed by atoms with van der Waals surface area (Å²) in [4.78, 5) is 12.7. The number of nitrogens with one attached hydrogen (secondary N) is 2. The van der Waals surface area contributed by atoms with E-state index in [1.54, 1.807) is 13.0 Å². The second-order valence-electron chi connectivity index (χ2n) is 9.62. The number of hydrogen-bond acceptors (Lipinski definition) is 7. The molecular formula is C30H28F3N3O7S2.